The zero-order valence-electron chi connectivity index (χ0n) is 9.61. The van der Waals surface area contributed by atoms with Crippen LogP contribution in [0.25, 0.3) is 0 Å². The third-order valence-corrected chi connectivity index (χ3v) is 2.69. The van der Waals surface area contributed by atoms with E-state index in [0.717, 1.165) is 0 Å². The largest absolute Gasteiger partial charge is 0.319 e. The lowest BCUT2D eigenvalue weighted by atomic mass is 10.3. The fourth-order valence-electron chi connectivity index (χ4n) is 1.42. The Morgan fingerprint density at radius 3 is 2.72 bits per heavy atom. The maximum Gasteiger partial charge on any atom is 0.259 e. The first-order chi connectivity index (χ1) is 8.47. The van der Waals surface area contributed by atoms with Gasteiger partial charge in [-0.05, 0) is 13.0 Å². The van der Waals surface area contributed by atoms with Crippen molar-refractivity contribution in [2.24, 2.45) is 7.05 Å². The Bertz CT molecular complexity index is 610. The maximum absolute atomic E-state index is 12.0. The Morgan fingerprint density at radius 1 is 1.39 bits per heavy atom. The van der Waals surface area contributed by atoms with Crippen LogP contribution in [0.1, 0.15) is 16.1 Å². The van der Waals surface area contributed by atoms with Crippen LogP contribution >= 0.6 is 23.2 Å². The standard InChI is InChI=1S/C10H9Cl2N5O/c1-5-7(4-17(2)16-5)13-10(18)6-3-8(11)14-15-9(6)12/h3-4H,1-2H3,(H,13,18). The van der Waals surface area contributed by atoms with Gasteiger partial charge in [-0.3, -0.25) is 9.48 Å². The maximum atomic E-state index is 12.0. The van der Waals surface area contributed by atoms with Gasteiger partial charge < -0.3 is 5.32 Å². The summed E-state index contributed by atoms with van der Waals surface area (Å²) in [5, 5.41) is 14.0. The van der Waals surface area contributed by atoms with Gasteiger partial charge in [0.05, 0.1) is 16.9 Å². The van der Waals surface area contributed by atoms with Crippen LogP contribution in [-0.2, 0) is 7.05 Å². The van der Waals surface area contributed by atoms with Crippen molar-refractivity contribution in [1.82, 2.24) is 20.0 Å². The summed E-state index contributed by atoms with van der Waals surface area (Å²) in [4.78, 5) is 12.0. The number of nitrogens with one attached hydrogen (secondary N) is 1. The predicted octanol–water partition coefficient (Wildman–Crippen LogP) is 2.08. The molecule has 0 bridgehead atoms. The minimum Gasteiger partial charge on any atom is -0.319 e. The Hall–Kier alpha value is -1.66. The zero-order chi connectivity index (χ0) is 13.3. The molecule has 0 fully saturated rings. The van der Waals surface area contributed by atoms with Gasteiger partial charge in [0.2, 0.25) is 0 Å². The molecule has 2 rings (SSSR count). The van der Waals surface area contributed by atoms with Crippen molar-refractivity contribution in [1.29, 1.82) is 0 Å². The van der Waals surface area contributed by atoms with E-state index in [2.05, 4.69) is 20.6 Å². The van der Waals surface area contributed by atoms with Gasteiger partial charge in [0.25, 0.3) is 5.91 Å². The summed E-state index contributed by atoms with van der Waals surface area (Å²) in [6.07, 6.45) is 1.69. The van der Waals surface area contributed by atoms with Crippen molar-refractivity contribution in [2.75, 3.05) is 5.32 Å². The normalized spacial score (nSPS) is 10.4. The molecule has 2 aromatic rings. The molecule has 0 atom stereocenters. The highest BCUT2D eigenvalue weighted by atomic mass is 35.5. The van der Waals surface area contributed by atoms with Crippen LogP contribution in [0.3, 0.4) is 0 Å². The van der Waals surface area contributed by atoms with Gasteiger partial charge in [-0.2, -0.15) is 5.10 Å². The van der Waals surface area contributed by atoms with Crippen LogP contribution in [0, 0.1) is 6.92 Å². The zero-order valence-corrected chi connectivity index (χ0v) is 11.1. The van der Waals surface area contributed by atoms with Gasteiger partial charge in [-0.1, -0.05) is 23.2 Å². The van der Waals surface area contributed by atoms with Crippen LogP contribution in [-0.4, -0.2) is 25.9 Å². The quantitative estimate of drug-likeness (QED) is 0.917. The summed E-state index contributed by atoms with van der Waals surface area (Å²) in [7, 11) is 1.76. The number of amides is 1. The number of carbonyl (C=O) groups is 1. The number of nitrogens with zero attached hydrogens (tertiary/aromatic N) is 4. The van der Waals surface area contributed by atoms with E-state index in [9.17, 15) is 4.79 Å². The summed E-state index contributed by atoms with van der Waals surface area (Å²) in [6, 6.07) is 1.36. The molecule has 94 valence electrons. The van der Waals surface area contributed by atoms with Crippen molar-refractivity contribution in [3.63, 3.8) is 0 Å². The summed E-state index contributed by atoms with van der Waals surface area (Å²) >= 11 is 11.5. The number of rotatable bonds is 2. The van der Waals surface area contributed by atoms with Crippen LogP contribution in [0.5, 0.6) is 0 Å². The lowest BCUT2D eigenvalue weighted by Crippen LogP contribution is -2.13. The smallest absolute Gasteiger partial charge is 0.259 e. The summed E-state index contributed by atoms with van der Waals surface area (Å²) < 4.78 is 1.60. The van der Waals surface area contributed by atoms with Gasteiger partial charge in [-0.25, -0.2) is 0 Å². The van der Waals surface area contributed by atoms with E-state index in [1.807, 2.05) is 0 Å². The van der Waals surface area contributed by atoms with E-state index in [1.54, 1.807) is 24.9 Å². The fourth-order valence-corrected chi connectivity index (χ4v) is 1.75. The number of hydrogen-bond acceptors (Lipinski definition) is 4. The highest BCUT2D eigenvalue weighted by Crippen LogP contribution is 2.18. The number of anilines is 1. The molecule has 2 aromatic heterocycles. The Labute approximate surface area is 113 Å². The third kappa shape index (κ3) is 2.60. The molecule has 0 aliphatic rings. The first-order valence-corrected chi connectivity index (χ1v) is 5.73. The Balaban J connectivity index is 2.27. The van der Waals surface area contributed by atoms with Gasteiger partial charge in [0.15, 0.2) is 10.3 Å². The predicted molar refractivity (Wildman–Crippen MR) is 68.0 cm³/mol. The van der Waals surface area contributed by atoms with Crippen molar-refractivity contribution < 1.29 is 4.79 Å². The number of halogens is 2. The average molecular weight is 286 g/mol. The summed E-state index contributed by atoms with van der Waals surface area (Å²) in [5.74, 6) is -0.409. The molecule has 18 heavy (non-hydrogen) atoms. The average Bonchev–Trinajstić information content (AvgIpc) is 2.61. The van der Waals surface area contributed by atoms with E-state index in [1.165, 1.54) is 6.07 Å². The molecule has 0 radical (unpaired) electrons. The van der Waals surface area contributed by atoms with Crippen LogP contribution < -0.4 is 5.32 Å². The second-order valence-electron chi connectivity index (χ2n) is 3.63. The molecular formula is C10H9Cl2N5O. The highest BCUT2D eigenvalue weighted by molar-refractivity contribution is 6.34. The number of aryl methyl sites for hydroxylation is 2. The molecule has 0 aliphatic heterocycles. The van der Waals surface area contributed by atoms with E-state index < -0.39 is 5.91 Å². The molecule has 8 heteroatoms. The van der Waals surface area contributed by atoms with Crippen molar-refractivity contribution >= 4 is 34.8 Å². The van der Waals surface area contributed by atoms with Crippen LogP contribution in [0.2, 0.25) is 10.3 Å². The molecule has 0 aromatic carbocycles. The SMILES string of the molecule is Cc1nn(C)cc1NC(=O)c1cc(Cl)nnc1Cl. The van der Waals surface area contributed by atoms with Gasteiger partial charge in [-0.15, -0.1) is 10.2 Å². The number of carbonyl (C=O) groups excluding carboxylic acids is 1. The lowest BCUT2D eigenvalue weighted by Gasteiger charge is -2.04. The van der Waals surface area contributed by atoms with Gasteiger partial charge >= 0.3 is 0 Å². The topological polar surface area (TPSA) is 72.7 Å². The lowest BCUT2D eigenvalue weighted by molar-refractivity contribution is 0.102. The second-order valence-corrected chi connectivity index (χ2v) is 4.37. The second kappa shape index (κ2) is 4.91. The molecule has 0 unspecified atom stereocenters. The molecule has 0 saturated carbocycles. The minimum atomic E-state index is -0.409. The Kier molecular flexibility index (Phi) is 3.49. The molecule has 1 N–H and O–H groups in total. The minimum absolute atomic E-state index is 0.00144. The third-order valence-electron chi connectivity index (χ3n) is 2.23. The van der Waals surface area contributed by atoms with E-state index in [-0.39, 0.29) is 15.9 Å². The Morgan fingerprint density at radius 2 is 2.11 bits per heavy atom. The van der Waals surface area contributed by atoms with Crippen molar-refractivity contribution in [3.8, 4) is 0 Å². The molecule has 0 aliphatic carbocycles. The number of aromatic nitrogens is 4. The van der Waals surface area contributed by atoms with Crippen LogP contribution in [0.15, 0.2) is 12.3 Å². The monoisotopic (exact) mass is 285 g/mol. The molecule has 0 saturated heterocycles. The highest BCUT2D eigenvalue weighted by Gasteiger charge is 2.15. The van der Waals surface area contributed by atoms with E-state index >= 15 is 0 Å². The first-order valence-electron chi connectivity index (χ1n) is 4.97. The van der Waals surface area contributed by atoms with Crippen molar-refractivity contribution in [3.05, 3.63) is 33.8 Å². The molecular weight excluding hydrogens is 277 g/mol. The van der Waals surface area contributed by atoms with Gasteiger partial charge in [0, 0.05) is 13.2 Å². The molecule has 2 heterocycles. The van der Waals surface area contributed by atoms with E-state index in [4.69, 9.17) is 23.2 Å². The molecule has 6 nitrogen and oxygen atoms in total. The summed E-state index contributed by atoms with van der Waals surface area (Å²) in [6.45, 7) is 1.79. The molecule has 1 amide bonds. The van der Waals surface area contributed by atoms with Crippen LogP contribution in [0.4, 0.5) is 5.69 Å². The van der Waals surface area contributed by atoms with E-state index in [0.29, 0.717) is 11.4 Å². The van der Waals surface area contributed by atoms with Crippen molar-refractivity contribution in [2.45, 2.75) is 6.92 Å². The molecule has 0 spiro atoms. The first kappa shape index (κ1) is 12.8. The summed E-state index contributed by atoms with van der Waals surface area (Å²) in [5.41, 5.74) is 1.47. The fraction of sp³-hybridized carbons (Fsp3) is 0.200. The number of hydrogen-bond donors (Lipinski definition) is 1. The van der Waals surface area contributed by atoms with Gasteiger partial charge in [0.1, 0.15) is 0 Å².